The Bertz CT molecular complexity index is 556. The predicted molar refractivity (Wildman–Crippen MR) is 70.5 cm³/mol. The molecule has 18 heavy (non-hydrogen) atoms. The maximum Gasteiger partial charge on any atom is 0.168 e. The van der Waals surface area contributed by atoms with E-state index in [1.54, 1.807) is 0 Å². The van der Waals surface area contributed by atoms with Gasteiger partial charge in [0.05, 0.1) is 11.7 Å². The van der Waals surface area contributed by atoms with Crippen LogP contribution in [0.4, 0.5) is 5.82 Å². The molecule has 1 aromatic heterocycles. The van der Waals surface area contributed by atoms with E-state index in [-0.39, 0.29) is 0 Å². The quantitative estimate of drug-likeness (QED) is 0.921. The Morgan fingerprint density at radius 2 is 2.06 bits per heavy atom. The van der Waals surface area contributed by atoms with E-state index in [0.29, 0.717) is 13.2 Å². The van der Waals surface area contributed by atoms with E-state index in [2.05, 4.69) is 14.1 Å². The third kappa shape index (κ3) is 1.99. The Labute approximate surface area is 109 Å². The lowest BCUT2D eigenvalue weighted by Crippen LogP contribution is -2.15. The number of hydrogen-bond acceptors (Lipinski definition) is 6. The van der Waals surface area contributed by atoms with Crippen LogP contribution >= 0.6 is 11.7 Å². The van der Waals surface area contributed by atoms with Gasteiger partial charge in [-0.05, 0) is 25.1 Å². The average molecular weight is 263 g/mol. The molecule has 1 aromatic carbocycles. The zero-order chi connectivity index (χ0) is 12.4. The van der Waals surface area contributed by atoms with Gasteiger partial charge in [0, 0.05) is 12.1 Å². The average Bonchev–Trinajstić information content (AvgIpc) is 2.87. The lowest BCUT2D eigenvalue weighted by atomic mass is 10.1. The Kier molecular flexibility index (Phi) is 3.02. The van der Waals surface area contributed by atoms with E-state index >= 15 is 0 Å². The molecule has 0 bridgehead atoms. The molecule has 2 aromatic rings. The van der Waals surface area contributed by atoms with Gasteiger partial charge in [0.25, 0.3) is 0 Å². The van der Waals surface area contributed by atoms with Crippen LogP contribution in [0.1, 0.15) is 6.92 Å². The number of nitrogens with zero attached hydrogens (tertiary/aromatic N) is 2. The fraction of sp³-hybridized carbons (Fsp3) is 0.333. The summed E-state index contributed by atoms with van der Waals surface area (Å²) in [6.45, 7) is 4.05. The first-order chi connectivity index (χ1) is 8.88. The van der Waals surface area contributed by atoms with Gasteiger partial charge < -0.3 is 14.8 Å². The third-order valence-corrected chi connectivity index (χ3v) is 3.18. The van der Waals surface area contributed by atoms with Gasteiger partial charge in [-0.1, -0.05) is 0 Å². The Hall–Kier alpha value is -1.82. The van der Waals surface area contributed by atoms with Gasteiger partial charge in [0.2, 0.25) is 0 Å². The van der Waals surface area contributed by atoms with Crippen molar-refractivity contribution in [3.05, 3.63) is 18.2 Å². The summed E-state index contributed by atoms with van der Waals surface area (Å²) < 4.78 is 19.6. The Balaban J connectivity index is 1.98. The van der Waals surface area contributed by atoms with Crippen molar-refractivity contribution in [2.75, 3.05) is 25.1 Å². The molecule has 0 fully saturated rings. The summed E-state index contributed by atoms with van der Waals surface area (Å²) in [5.41, 5.74) is 1.85. The number of ether oxygens (including phenoxy) is 2. The van der Waals surface area contributed by atoms with Gasteiger partial charge in [0.1, 0.15) is 18.9 Å². The summed E-state index contributed by atoms with van der Waals surface area (Å²) in [5.74, 6) is 2.38. The van der Waals surface area contributed by atoms with Gasteiger partial charge in [0.15, 0.2) is 17.3 Å². The zero-order valence-electron chi connectivity index (χ0n) is 9.97. The molecule has 0 atom stereocenters. The summed E-state index contributed by atoms with van der Waals surface area (Å²) >= 11 is 1.20. The second kappa shape index (κ2) is 4.81. The molecule has 0 spiro atoms. The van der Waals surface area contributed by atoms with Crippen LogP contribution in [-0.2, 0) is 0 Å². The minimum Gasteiger partial charge on any atom is -0.486 e. The number of anilines is 1. The van der Waals surface area contributed by atoms with Crippen molar-refractivity contribution < 1.29 is 9.47 Å². The number of nitrogens with one attached hydrogen (secondary N) is 1. The molecule has 0 aliphatic carbocycles. The third-order valence-electron chi connectivity index (χ3n) is 2.65. The van der Waals surface area contributed by atoms with Crippen molar-refractivity contribution in [3.8, 4) is 22.8 Å². The maximum absolute atomic E-state index is 5.57. The topological polar surface area (TPSA) is 56.3 Å². The normalized spacial score (nSPS) is 13.4. The number of benzene rings is 1. The highest BCUT2D eigenvalue weighted by atomic mass is 32.1. The second-order valence-corrected chi connectivity index (χ2v) is 4.38. The first kappa shape index (κ1) is 11.3. The molecule has 0 saturated carbocycles. The minimum absolute atomic E-state index is 0.589. The Morgan fingerprint density at radius 3 is 2.89 bits per heavy atom. The van der Waals surface area contributed by atoms with Crippen molar-refractivity contribution in [1.82, 2.24) is 8.75 Å². The van der Waals surface area contributed by atoms with Crippen LogP contribution in [0, 0.1) is 0 Å². The molecule has 3 rings (SSSR count). The molecule has 0 amide bonds. The van der Waals surface area contributed by atoms with E-state index in [4.69, 9.17) is 9.47 Å². The highest BCUT2D eigenvalue weighted by Gasteiger charge is 2.15. The molecule has 5 nitrogen and oxygen atoms in total. The SMILES string of the molecule is CCNc1nsnc1-c1ccc2c(c1)OCCO2. The van der Waals surface area contributed by atoms with E-state index in [0.717, 1.165) is 35.1 Å². The monoisotopic (exact) mass is 263 g/mol. The van der Waals surface area contributed by atoms with Crippen molar-refractivity contribution in [3.63, 3.8) is 0 Å². The molecular weight excluding hydrogens is 250 g/mol. The molecular formula is C12H13N3O2S. The van der Waals surface area contributed by atoms with Gasteiger partial charge in [-0.25, -0.2) is 0 Å². The summed E-state index contributed by atoms with van der Waals surface area (Å²) in [6.07, 6.45) is 0. The fourth-order valence-corrected chi connectivity index (χ4v) is 2.40. The van der Waals surface area contributed by atoms with Crippen molar-refractivity contribution in [2.24, 2.45) is 0 Å². The van der Waals surface area contributed by atoms with E-state index in [9.17, 15) is 0 Å². The van der Waals surface area contributed by atoms with Crippen LogP contribution in [-0.4, -0.2) is 28.5 Å². The predicted octanol–water partition coefficient (Wildman–Crippen LogP) is 2.41. The Morgan fingerprint density at radius 1 is 1.22 bits per heavy atom. The first-order valence-electron chi connectivity index (χ1n) is 5.85. The molecule has 0 radical (unpaired) electrons. The molecule has 1 aliphatic rings. The van der Waals surface area contributed by atoms with Crippen molar-refractivity contribution >= 4 is 17.5 Å². The molecule has 0 saturated heterocycles. The van der Waals surface area contributed by atoms with Crippen molar-refractivity contribution in [2.45, 2.75) is 6.92 Å². The van der Waals surface area contributed by atoms with Crippen LogP contribution in [0.25, 0.3) is 11.3 Å². The summed E-state index contributed by atoms with van der Waals surface area (Å²) in [4.78, 5) is 0. The van der Waals surface area contributed by atoms with Crippen LogP contribution in [0.15, 0.2) is 18.2 Å². The number of rotatable bonds is 3. The molecule has 6 heteroatoms. The van der Waals surface area contributed by atoms with Crippen LogP contribution in [0.2, 0.25) is 0 Å². The van der Waals surface area contributed by atoms with E-state index in [1.807, 2.05) is 25.1 Å². The van der Waals surface area contributed by atoms with Gasteiger partial charge >= 0.3 is 0 Å². The van der Waals surface area contributed by atoms with Crippen LogP contribution in [0.3, 0.4) is 0 Å². The number of hydrogen-bond donors (Lipinski definition) is 1. The van der Waals surface area contributed by atoms with Crippen molar-refractivity contribution in [1.29, 1.82) is 0 Å². The highest BCUT2D eigenvalue weighted by molar-refractivity contribution is 6.99. The lowest BCUT2D eigenvalue weighted by Gasteiger charge is -2.18. The maximum atomic E-state index is 5.57. The van der Waals surface area contributed by atoms with Crippen LogP contribution < -0.4 is 14.8 Å². The largest absolute Gasteiger partial charge is 0.486 e. The van der Waals surface area contributed by atoms with E-state index in [1.165, 1.54) is 11.7 Å². The first-order valence-corrected chi connectivity index (χ1v) is 6.58. The van der Waals surface area contributed by atoms with Gasteiger partial charge in [-0.15, -0.1) is 0 Å². The molecule has 1 N–H and O–H groups in total. The minimum atomic E-state index is 0.589. The van der Waals surface area contributed by atoms with Gasteiger partial charge in [-0.3, -0.25) is 0 Å². The molecule has 1 aliphatic heterocycles. The molecule has 2 heterocycles. The van der Waals surface area contributed by atoms with Crippen LogP contribution in [0.5, 0.6) is 11.5 Å². The number of aromatic nitrogens is 2. The summed E-state index contributed by atoms with van der Waals surface area (Å²) in [7, 11) is 0. The summed E-state index contributed by atoms with van der Waals surface area (Å²) in [6, 6.07) is 5.84. The number of fused-ring (bicyclic) bond motifs is 1. The van der Waals surface area contributed by atoms with E-state index < -0.39 is 0 Å². The van der Waals surface area contributed by atoms with Gasteiger partial charge in [-0.2, -0.15) is 8.75 Å². The smallest absolute Gasteiger partial charge is 0.168 e. The summed E-state index contributed by atoms with van der Waals surface area (Å²) in [5, 5.41) is 3.20. The molecule has 0 unspecified atom stereocenters. The zero-order valence-corrected chi connectivity index (χ0v) is 10.8. The lowest BCUT2D eigenvalue weighted by molar-refractivity contribution is 0.171. The second-order valence-electron chi connectivity index (χ2n) is 3.85. The standard InChI is InChI=1S/C12H13N3O2S/c1-2-13-12-11(14-18-15-12)8-3-4-9-10(7-8)17-6-5-16-9/h3-4,7H,2,5-6H2,1H3,(H,13,15). The molecule has 94 valence electrons. The highest BCUT2D eigenvalue weighted by Crippen LogP contribution is 2.36. The fourth-order valence-electron chi connectivity index (χ4n) is 1.85.